The second-order valence-corrected chi connectivity index (χ2v) is 5.19. The van der Waals surface area contributed by atoms with Crippen molar-refractivity contribution in [3.63, 3.8) is 0 Å². The lowest BCUT2D eigenvalue weighted by molar-refractivity contribution is 0.386. The standard InChI is InChI=1S/C16H17FN4O/c1-11-8-14-16(18-6-7-21(14)19-11)20(2)10-12-4-5-15(22-3)13(17)9-12/h4-9H,10H2,1-3H3. The molecule has 0 spiro atoms. The van der Waals surface area contributed by atoms with Crippen LogP contribution >= 0.6 is 0 Å². The predicted molar refractivity (Wildman–Crippen MR) is 82.8 cm³/mol. The topological polar surface area (TPSA) is 42.7 Å². The molecule has 0 fully saturated rings. The first-order valence-electron chi connectivity index (χ1n) is 6.93. The van der Waals surface area contributed by atoms with E-state index in [-0.39, 0.29) is 11.6 Å². The fourth-order valence-electron chi connectivity index (χ4n) is 2.48. The van der Waals surface area contributed by atoms with Gasteiger partial charge < -0.3 is 9.64 Å². The van der Waals surface area contributed by atoms with E-state index in [0.717, 1.165) is 22.6 Å². The van der Waals surface area contributed by atoms with Crippen LogP contribution in [0.2, 0.25) is 0 Å². The van der Waals surface area contributed by atoms with Crippen molar-refractivity contribution >= 4 is 11.3 Å². The number of anilines is 1. The van der Waals surface area contributed by atoms with Crippen molar-refractivity contribution in [2.45, 2.75) is 13.5 Å². The first kappa shape index (κ1) is 14.3. The Morgan fingerprint density at radius 2 is 2.14 bits per heavy atom. The fraction of sp³-hybridized carbons (Fsp3) is 0.250. The molecule has 0 unspecified atom stereocenters. The van der Waals surface area contributed by atoms with E-state index in [1.807, 2.05) is 37.2 Å². The molecule has 0 saturated heterocycles. The highest BCUT2D eigenvalue weighted by atomic mass is 19.1. The first-order valence-corrected chi connectivity index (χ1v) is 6.93. The van der Waals surface area contributed by atoms with Gasteiger partial charge in [0.1, 0.15) is 5.52 Å². The van der Waals surface area contributed by atoms with Crippen molar-refractivity contribution in [2.75, 3.05) is 19.1 Å². The molecule has 2 heterocycles. The molecule has 5 nitrogen and oxygen atoms in total. The zero-order valence-electron chi connectivity index (χ0n) is 12.7. The number of rotatable bonds is 4. The van der Waals surface area contributed by atoms with Crippen LogP contribution in [-0.2, 0) is 6.54 Å². The molecule has 0 aliphatic carbocycles. The fourth-order valence-corrected chi connectivity index (χ4v) is 2.48. The van der Waals surface area contributed by atoms with Crippen LogP contribution in [0, 0.1) is 12.7 Å². The highest BCUT2D eigenvalue weighted by Crippen LogP contribution is 2.22. The number of aryl methyl sites for hydroxylation is 1. The molecular formula is C16H17FN4O. The summed E-state index contributed by atoms with van der Waals surface area (Å²) in [5, 5.41) is 4.37. The Kier molecular flexibility index (Phi) is 3.66. The van der Waals surface area contributed by atoms with Crippen LogP contribution in [0.4, 0.5) is 10.2 Å². The van der Waals surface area contributed by atoms with Crippen LogP contribution in [0.15, 0.2) is 36.7 Å². The molecule has 22 heavy (non-hydrogen) atoms. The minimum Gasteiger partial charge on any atom is -0.494 e. The minimum atomic E-state index is -0.361. The SMILES string of the molecule is COc1ccc(CN(C)c2nccn3nc(C)cc23)cc1F. The summed E-state index contributed by atoms with van der Waals surface area (Å²) in [6, 6.07) is 6.94. The van der Waals surface area contributed by atoms with Gasteiger partial charge in [-0.05, 0) is 30.7 Å². The van der Waals surface area contributed by atoms with E-state index < -0.39 is 0 Å². The number of aromatic nitrogens is 3. The summed E-state index contributed by atoms with van der Waals surface area (Å²) in [5.41, 5.74) is 2.70. The van der Waals surface area contributed by atoms with Gasteiger partial charge in [-0.3, -0.25) is 0 Å². The maximum atomic E-state index is 13.8. The molecule has 2 aromatic heterocycles. The van der Waals surface area contributed by atoms with Crippen molar-refractivity contribution in [2.24, 2.45) is 0 Å². The Morgan fingerprint density at radius 1 is 1.32 bits per heavy atom. The van der Waals surface area contributed by atoms with E-state index in [2.05, 4.69) is 10.1 Å². The molecular weight excluding hydrogens is 283 g/mol. The van der Waals surface area contributed by atoms with E-state index >= 15 is 0 Å². The van der Waals surface area contributed by atoms with Crippen molar-refractivity contribution < 1.29 is 9.13 Å². The highest BCUT2D eigenvalue weighted by Gasteiger charge is 2.11. The molecule has 0 bridgehead atoms. The van der Waals surface area contributed by atoms with Gasteiger partial charge in [0.15, 0.2) is 17.4 Å². The molecule has 0 N–H and O–H groups in total. The molecule has 0 saturated carbocycles. The minimum absolute atomic E-state index is 0.248. The number of hydrogen-bond acceptors (Lipinski definition) is 4. The highest BCUT2D eigenvalue weighted by molar-refractivity contribution is 5.68. The van der Waals surface area contributed by atoms with Gasteiger partial charge in [-0.15, -0.1) is 0 Å². The van der Waals surface area contributed by atoms with Gasteiger partial charge in [0.25, 0.3) is 0 Å². The monoisotopic (exact) mass is 300 g/mol. The van der Waals surface area contributed by atoms with Crippen LogP contribution in [0.1, 0.15) is 11.3 Å². The number of methoxy groups -OCH3 is 1. The first-order chi connectivity index (χ1) is 10.6. The average Bonchev–Trinajstić information content (AvgIpc) is 2.87. The van der Waals surface area contributed by atoms with Crippen LogP contribution in [0.25, 0.3) is 5.52 Å². The number of fused-ring (bicyclic) bond motifs is 1. The molecule has 0 aliphatic heterocycles. The van der Waals surface area contributed by atoms with E-state index in [4.69, 9.17) is 4.74 Å². The quantitative estimate of drug-likeness (QED) is 0.743. The maximum absolute atomic E-state index is 13.8. The van der Waals surface area contributed by atoms with Gasteiger partial charge in [0, 0.05) is 26.0 Å². The molecule has 114 valence electrons. The zero-order chi connectivity index (χ0) is 15.7. The number of hydrogen-bond donors (Lipinski definition) is 0. The normalized spacial score (nSPS) is 10.9. The lowest BCUT2D eigenvalue weighted by atomic mass is 10.2. The number of nitrogens with zero attached hydrogens (tertiary/aromatic N) is 4. The summed E-state index contributed by atoms with van der Waals surface area (Å²) in [6.07, 6.45) is 3.52. The van der Waals surface area contributed by atoms with Crippen LogP contribution in [0.5, 0.6) is 5.75 Å². The van der Waals surface area contributed by atoms with Crippen molar-refractivity contribution in [1.29, 1.82) is 0 Å². The molecule has 0 radical (unpaired) electrons. The number of halogens is 1. The van der Waals surface area contributed by atoms with E-state index in [0.29, 0.717) is 6.54 Å². The predicted octanol–water partition coefficient (Wildman–Crippen LogP) is 2.82. The Hall–Kier alpha value is -2.63. The molecule has 3 rings (SSSR count). The second-order valence-electron chi connectivity index (χ2n) is 5.19. The summed E-state index contributed by atoms with van der Waals surface area (Å²) in [4.78, 5) is 6.39. The van der Waals surface area contributed by atoms with Gasteiger partial charge in [-0.1, -0.05) is 6.07 Å². The molecule has 6 heteroatoms. The van der Waals surface area contributed by atoms with Crippen molar-refractivity contribution in [3.8, 4) is 5.75 Å². The van der Waals surface area contributed by atoms with Gasteiger partial charge in [-0.2, -0.15) is 5.10 Å². The number of benzene rings is 1. The van der Waals surface area contributed by atoms with E-state index in [9.17, 15) is 4.39 Å². The van der Waals surface area contributed by atoms with Crippen LogP contribution < -0.4 is 9.64 Å². The lowest BCUT2D eigenvalue weighted by Gasteiger charge is -2.19. The van der Waals surface area contributed by atoms with Gasteiger partial charge >= 0.3 is 0 Å². The Bertz CT molecular complexity index is 815. The summed E-state index contributed by atoms with van der Waals surface area (Å²) in [6.45, 7) is 2.48. The third-order valence-electron chi connectivity index (χ3n) is 3.49. The molecule has 0 aliphatic rings. The summed E-state index contributed by atoms with van der Waals surface area (Å²) in [5.74, 6) is 0.692. The van der Waals surface area contributed by atoms with E-state index in [1.54, 1.807) is 16.8 Å². The Balaban J connectivity index is 1.90. The van der Waals surface area contributed by atoms with Gasteiger partial charge in [-0.25, -0.2) is 13.9 Å². The van der Waals surface area contributed by atoms with E-state index in [1.165, 1.54) is 13.2 Å². The summed E-state index contributed by atoms with van der Waals surface area (Å²) < 4.78 is 20.5. The summed E-state index contributed by atoms with van der Waals surface area (Å²) >= 11 is 0. The third kappa shape index (κ3) is 2.59. The molecule has 1 aromatic carbocycles. The maximum Gasteiger partial charge on any atom is 0.165 e. The van der Waals surface area contributed by atoms with Crippen molar-refractivity contribution in [1.82, 2.24) is 14.6 Å². The molecule has 0 atom stereocenters. The smallest absolute Gasteiger partial charge is 0.165 e. The average molecular weight is 300 g/mol. The van der Waals surface area contributed by atoms with Gasteiger partial charge in [0.2, 0.25) is 0 Å². The lowest BCUT2D eigenvalue weighted by Crippen LogP contribution is -2.18. The second kappa shape index (κ2) is 5.63. The number of ether oxygens (including phenoxy) is 1. The summed E-state index contributed by atoms with van der Waals surface area (Å²) in [7, 11) is 3.38. The van der Waals surface area contributed by atoms with Crippen molar-refractivity contribution in [3.05, 3.63) is 53.7 Å². The largest absolute Gasteiger partial charge is 0.494 e. The molecule has 3 aromatic rings. The third-order valence-corrected chi connectivity index (χ3v) is 3.49. The Morgan fingerprint density at radius 3 is 2.86 bits per heavy atom. The van der Waals surface area contributed by atoms with Gasteiger partial charge in [0.05, 0.1) is 12.8 Å². The van der Waals surface area contributed by atoms with Crippen LogP contribution in [-0.4, -0.2) is 28.8 Å². The Labute approximate surface area is 128 Å². The zero-order valence-corrected chi connectivity index (χ0v) is 12.7. The molecule has 0 amide bonds. The van der Waals surface area contributed by atoms with Crippen LogP contribution in [0.3, 0.4) is 0 Å².